The van der Waals surface area contributed by atoms with Gasteiger partial charge in [-0.2, -0.15) is 0 Å². The summed E-state index contributed by atoms with van der Waals surface area (Å²) in [6, 6.07) is 11.1. The van der Waals surface area contributed by atoms with E-state index < -0.39 is 31.3 Å². The van der Waals surface area contributed by atoms with Crippen LogP contribution in [0.4, 0.5) is 4.39 Å². The number of nitrogens with one attached hydrogen (secondary N) is 1. The fourth-order valence-corrected chi connectivity index (χ4v) is 3.73. The van der Waals surface area contributed by atoms with Gasteiger partial charge in [0.15, 0.2) is 0 Å². The van der Waals surface area contributed by atoms with Gasteiger partial charge < -0.3 is 19.1 Å². The molecule has 2 aromatic rings. The maximum absolute atomic E-state index is 13.4. The van der Waals surface area contributed by atoms with Crippen molar-refractivity contribution < 1.29 is 32.3 Å². The number of carbonyl (C=O) groups is 2. The number of rotatable bonds is 9. The third kappa shape index (κ3) is 6.49. The molecule has 2 rings (SSSR count). The maximum Gasteiger partial charge on any atom is 0.334 e. The lowest BCUT2D eigenvalue weighted by Crippen LogP contribution is -2.43. The molecule has 29 heavy (non-hydrogen) atoms. The molecule has 1 N–H and O–H groups in total. The number of esters is 1. The predicted molar refractivity (Wildman–Crippen MR) is 105 cm³/mol. The predicted octanol–water partition coefficient (Wildman–Crippen LogP) is 3.33. The molecule has 0 aliphatic heterocycles. The molecule has 0 saturated carbocycles. The van der Waals surface area contributed by atoms with Crippen molar-refractivity contribution in [3.8, 4) is 0 Å². The Kier molecular flexibility index (Phi) is 8.08. The Bertz CT molecular complexity index is 894. The van der Waals surface area contributed by atoms with Gasteiger partial charge in [-0.1, -0.05) is 24.3 Å². The van der Waals surface area contributed by atoms with Crippen molar-refractivity contribution in [1.82, 2.24) is 5.32 Å². The standard InChI is InChI=1S/C20H23FNO6P/c1-26-20(24)18(12-15-5-4-6-17(21)11-15)22-19(23)16-9-7-14(8-10-16)13-29(25,27-2)28-3/h4-11,18H,12-13H2,1-3H3,(H,22,23)/t18-/m1/s1. The lowest BCUT2D eigenvalue weighted by Gasteiger charge is -2.17. The number of carbonyl (C=O) groups excluding carboxylic acids is 2. The Hall–Kier alpha value is -2.54. The molecule has 1 atom stereocenters. The van der Waals surface area contributed by atoms with Crippen LogP contribution in [0.5, 0.6) is 0 Å². The van der Waals surface area contributed by atoms with Crippen molar-refractivity contribution in [3.63, 3.8) is 0 Å². The van der Waals surface area contributed by atoms with Gasteiger partial charge in [-0.3, -0.25) is 9.36 Å². The largest absolute Gasteiger partial charge is 0.467 e. The van der Waals surface area contributed by atoms with E-state index in [0.29, 0.717) is 16.7 Å². The average Bonchev–Trinajstić information content (AvgIpc) is 2.73. The second kappa shape index (κ2) is 10.3. The molecule has 0 aromatic heterocycles. The van der Waals surface area contributed by atoms with Gasteiger partial charge in [0.1, 0.15) is 11.9 Å². The monoisotopic (exact) mass is 423 g/mol. The summed E-state index contributed by atoms with van der Waals surface area (Å²) in [7, 11) is 0.603. The molecule has 0 heterocycles. The maximum atomic E-state index is 13.4. The minimum absolute atomic E-state index is 0.0618. The molecule has 0 unspecified atom stereocenters. The van der Waals surface area contributed by atoms with Gasteiger partial charge >= 0.3 is 13.6 Å². The first kappa shape index (κ1) is 22.7. The van der Waals surface area contributed by atoms with Crippen molar-refractivity contribution >= 4 is 19.5 Å². The van der Waals surface area contributed by atoms with Crippen LogP contribution in [-0.4, -0.2) is 39.2 Å². The smallest absolute Gasteiger partial charge is 0.334 e. The summed E-state index contributed by atoms with van der Waals surface area (Å²) in [5, 5.41) is 2.60. The van der Waals surface area contributed by atoms with E-state index in [-0.39, 0.29) is 12.6 Å². The molecule has 0 fully saturated rings. The van der Waals surface area contributed by atoms with Gasteiger partial charge in [0.25, 0.3) is 5.91 Å². The van der Waals surface area contributed by atoms with Crippen LogP contribution >= 0.6 is 7.60 Å². The van der Waals surface area contributed by atoms with E-state index in [1.165, 1.54) is 51.7 Å². The highest BCUT2D eigenvalue weighted by atomic mass is 31.2. The molecule has 2 aromatic carbocycles. The summed E-state index contributed by atoms with van der Waals surface area (Å²) < 4.78 is 40.1. The van der Waals surface area contributed by atoms with E-state index in [0.717, 1.165) is 0 Å². The van der Waals surface area contributed by atoms with Crippen molar-refractivity contribution in [3.05, 3.63) is 71.0 Å². The van der Waals surface area contributed by atoms with Crippen LogP contribution in [-0.2, 0) is 35.7 Å². The van der Waals surface area contributed by atoms with E-state index in [1.807, 2.05) is 0 Å². The summed E-state index contributed by atoms with van der Waals surface area (Å²) in [6.07, 6.45) is 0.144. The molecule has 0 radical (unpaired) electrons. The number of halogens is 1. The van der Waals surface area contributed by atoms with Gasteiger partial charge in [-0.15, -0.1) is 0 Å². The Balaban J connectivity index is 2.10. The Morgan fingerprint density at radius 3 is 2.24 bits per heavy atom. The fourth-order valence-electron chi connectivity index (χ4n) is 2.67. The van der Waals surface area contributed by atoms with Crippen molar-refractivity contribution in [1.29, 1.82) is 0 Å². The van der Waals surface area contributed by atoms with Gasteiger partial charge in [0.05, 0.1) is 13.3 Å². The van der Waals surface area contributed by atoms with Crippen LogP contribution in [0.3, 0.4) is 0 Å². The molecule has 7 nitrogen and oxygen atoms in total. The fraction of sp³-hybridized carbons (Fsp3) is 0.300. The van der Waals surface area contributed by atoms with Gasteiger partial charge in [0, 0.05) is 26.2 Å². The zero-order chi connectivity index (χ0) is 21.4. The van der Waals surface area contributed by atoms with Crippen LogP contribution in [0.15, 0.2) is 48.5 Å². The summed E-state index contributed by atoms with van der Waals surface area (Å²) >= 11 is 0. The van der Waals surface area contributed by atoms with Gasteiger partial charge in [-0.05, 0) is 35.4 Å². The summed E-state index contributed by atoms with van der Waals surface area (Å²) in [5.41, 5.74) is 1.51. The van der Waals surface area contributed by atoms with Crippen molar-refractivity contribution in [2.24, 2.45) is 0 Å². The molecular formula is C20H23FNO6P. The molecule has 0 aliphatic carbocycles. The van der Waals surface area contributed by atoms with E-state index in [1.54, 1.807) is 18.2 Å². The van der Waals surface area contributed by atoms with E-state index in [4.69, 9.17) is 13.8 Å². The zero-order valence-corrected chi connectivity index (χ0v) is 17.3. The Morgan fingerprint density at radius 2 is 1.69 bits per heavy atom. The zero-order valence-electron chi connectivity index (χ0n) is 16.4. The van der Waals surface area contributed by atoms with Gasteiger partial charge in [0.2, 0.25) is 0 Å². The number of amides is 1. The molecule has 0 aliphatic rings. The van der Waals surface area contributed by atoms with Crippen LogP contribution in [0, 0.1) is 5.82 Å². The molecule has 0 saturated heterocycles. The molecule has 0 bridgehead atoms. The highest BCUT2D eigenvalue weighted by molar-refractivity contribution is 7.52. The van der Waals surface area contributed by atoms with E-state index >= 15 is 0 Å². The third-order valence-electron chi connectivity index (χ3n) is 4.27. The summed E-state index contributed by atoms with van der Waals surface area (Å²) in [6.45, 7) is 0. The van der Waals surface area contributed by atoms with Crippen LogP contribution < -0.4 is 5.32 Å². The number of ether oxygens (including phenoxy) is 1. The SMILES string of the molecule is COC(=O)[C@@H](Cc1cccc(F)c1)NC(=O)c1ccc(CP(=O)(OC)OC)cc1. The first-order valence-electron chi connectivity index (χ1n) is 8.73. The molecular weight excluding hydrogens is 400 g/mol. The quantitative estimate of drug-likeness (QED) is 0.492. The lowest BCUT2D eigenvalue weighted by molar-refractivity contribution is -0.142. The molecule has 156 valence electrons. The number of methoxy groups -OCH3 is 1. The Morgan fingerprint density at radius 1 is 1.03 bits per heavy atom. The van der Waals surface area contributed by atoms with E-state index in [9.17, 15) is 18.5 Å². The van der Waals surface area contributed by atoms with E-state index in [2.05, 4.69) is 5.32 Å². The molecule has 1 amide bonds. The first-order chi connectivity index (χ1) is 13.8. The molecule has 0 spiro atoms. The summed E-state index contributed by atoms with van der Waals surface area (Å²) in [4.78, 5) is 24.6. The highest BCUT2D eigenvalue weighted by Gasteiger charge is 2.24. The molecule has 9 heteroatoms. The van der Waals surface area contributed by atoms with Gasteiger partial charge in [-0.25, -0.2) is 9.18 Å². The number of benzene rings is 2. The topological polar surface area (TPSA) is 90.9 Å². The number of hydrogen-bond acceptors (Lipinski definition) is 6. The highest BCUT2D eigenvalue weighted by Crippen LogP contribution is 2.49. The first-order valence-corrected chi connectivity index (χ1v) is 10.5. The normalized spacial score (nSPS) is 12.3. The van der Waals surface area contributed by atoms with Crippen LogP contribution in [0.2, 0.25) is 0 Å². The Labute approximate surface area is 168 Å². The second-order valence-electron chi connectivity index (χ2n) is 6.21. The minimum Gasteiger partial charge on any atom is -0.467 e. The van der Waals surface area contributed by atoms with Crippen LogP contribution in [0.1, 0.15) is 21.5 Å². The van der Waals surface area contributed by atoms with Crippen molar-refractivity contribution in [2.75, 3.05) is 21.3 Å². The minimum atomic E-state index is -3.22. The van der Waals surface area contributed by atoms with Crippen molar-refractivity contribution in [2.45, 2.75) is 18.6 Å². The third-order valence-corrected chi connectivity index (χ3v) is 6.13. The summed E-state index contributed by atoms with van der Waals surface area (Å²) in [5.74, 6) is -1.57. The second-order valence-corrected chi connectivity index (χ2v) is 8.48. The lowest BCUT2D eigenvalue weighted by atomic mass is 10.0. The number of hydrogen-bond donors (Lipinski definition) is 1. The van der Waals surface area contributed by atoms with Crippen LogP contribution in [0.25, 0.3) is 0 Å². The average molecular weight is 423 g/mol.